The molecular formula is C12H8ClF3N2O. The van der Waals surface area contributed by atoms with Crippen LogP contribution in [0.1, 0.15) is 11.3 Å². The molecule has 2 aromatic rings. The van der Waals surface area contributed by atoms with E-state index >= 15 is 0 Å². The molecule has 0 amide bonds. The molecule has 2 heterocycles. The van der Waals surface area contributed by atoms with Crippen molar-refractivity contribution in [3.05, 3.63) is 63.3 Å². The van der Waals surface area contributed by atoms with Crippen molar-refractivity contribution in [2.75, 3.05) is 0 Å². The third-order valence-electron chi connectivity index (χ3n) is 2.42. The van der Waals surface area contributed by atoms with E-state index in [1.54, 1.807) is 6.07 Å². The summed E-state index contributed by atoms with van der Waals surface area (Å²) in [7, 11) is 0. The Morgan fingerprint density at radius 1 is 1.26 bits per heavy atom. The van der Waals surface area contributed by atoms with E-state index in [4.69, 9.17) is 11.6 Å². The van der Waals surface area contributed by atoms with Gasteiger partial charge >= 0.3 is 6.18 Å². The number of halogens is 4. The lowest BCUT2D eigenvalue weighted by molar-refractivity contribution is -0.138. The van der Waals surface area contributed by atoms with E-state index in [1.165, 1.54) is 12.3 Å². The summed E-state index contributed by atoms with van der Waals surface area (Å²) in [4.78, 5) is 15.5. The van der Waals surface area contributed by atoms with Crippen molar-refractivity contribution < 1.29 is 13.2 Å². The van der Waals surface area contributed by atoms with Crippen LogP contribution in [0.4, 0.5) is 13.2 Å². The maximum Gasteiger partial charge on any atom is 0.417 e. The van der Waals surface area contributed by atoms with Gasteiger partial charge in [-0.15, -0.1) is 0 Å². The SMILES string of the molecule is O=c1ccc(C(F)(F)F)cn1Cc1cc(Cl)ccn1. The molecule has 0 aliphatic heterocycles. The fourth-order valence-electron chi connectivity index (χ4n) is 1.53. The molecule has 0 atom stereocenters. The van der Waals surface area contributed by atoms with Gasteiger partial charge in [0.05, 0.1) is 17.8 Å². The van der Waals surface area contributed by atoms with Gasteiger partial charge in [0.25, 0.3) is 5.56 Å². The van der Waals surface area contributed by atoms with Gasteiger partial charge in [0.15, 0.2) is 0 Å². The number of alkyl halides is 3. The van der Waals surface area contributed by atoms with Gasteiger partial charge < -0.3 is 4.57 Å². The fourth-order valence-corrected chi connectivity index (χ4v) is 1.71. The monoisotopic (exact) mass is 288 g/mol. The highest BCUT2D eigenvalue weighted by Crippen LogP contribution is 2.28. The minimum absolute atomic E-state index is 0.0662. The molecule has 0 spiro atoms. The van der Waals surface area contributed by atoms with Gasteiger partial charge in [0, 0.05) is 23.5 Å². The minimum atomic E-state index is -4.49. The van der Waals surface area contributed by atoms with Gasteiger partial charge in [0.1, 0.15) is 0 Å². The van der Waals surface area contributed by atoms with Crippen molar-refractivity contribution >= 4 is 11.6 Å². The van der Waals surface area contributed by atoms with Crippen molar-refractivity contribution in [3.8, 4) is 0 Å². The number of pyridine rings is 2. The summed E-state index contributed by atoms with van der Waals surface area (Å²) in [5.41, 5.74) is -1.00. The van der Waals surface area contributed by atoms with Crippen molar-refractivity contribution in [1.29, 1.82) is 0 Å². The van der Waals surface area contributed by atoms with Crippen molar-refractivity contribution in [2.45, 2.75) is 12.7 Å². The molecule has 0 aliphatic rings. The molecule has 0 radical (unpaired) electrons. The molecule has 2 rings (SSSR count). The molecule has 100 valence electrons. The van der Waals surface area contributed by atoms with Crippen LogP contribution in [0.25, 0.3) is 0 Å². The third-order valence-corrected chi connectivity index (χ3v) is 2.66. The average molecular weight is 289 g/mol. The summed E-state index contributed by atoms with van der Waals surface area (Å²) in [5, 5.41) is 0.407. The lowest BCUT2D eigenvalue weighted by atomic mass is 10.2. The molecule has 19 heavy (non-hydrogen) atoms. The Morgan fingerprint density at radius 3 is 2.63 bits per heavy atom. The molecular weight excluding hydrogens is 281 g/mol. The first-order chi connectivity index (χ1) is 8.86. The van der Waals surface area contributed by atoms with Gasteiger partial charge in [0.2, 0.25) is 0 Å². The van der Waals surface area contributed by atoms with E-state index in [2.05, 4.69) is 4.98 Å². The molecule has 0 unspecified atom stereocenters. The Hall–Kier alpha value is -1.82. The molecule has 0 N–H and O–H groups in total. The van der Waals surface area contributed by atoms with Gasteiger partial charge in [-0.2, -0.15) is 13.2 Å². The number of hydrogen-bond acceptors (Lipinski definition) is 2. The Bertz CT molecular complexity index is 652. The summed E-state index contributed by atoms with van der Waals surface area (Å²) in [6.45, 7) is -0.0662. The van der Waals surface area contributed by atoms with Crippen molar-refractivity contribution in [2.24, 2.45) is 0 Å². The second-order valence-electron chi connectivity index (χ2n) is 3.85. The number of nitrogens with zero attached hydrogens (tertiary/aromatic N) is 2. The smallest absolute Gasteiger partial charge is 0.309 e. The number of rotatable bonds is 2. The quantitative estimate of drug-likeness (QED) is 0.851. The average Bonchev–Trinajstić information content (AvgIpc) is 2.30. The Kier molecular flexibility index (Phi) is 3.61. The van der Waals surface area contributed by atoms with Crippen LogP contribution in [-0.4, -0.2) is 9.55 Å². The molecule has 0 saturated carbocycles. The van der Waals surface area contributed by atoms with E-state index < -0.39 is 17.3 Å². The van der Waals surface area contributed by atoms with E-state index in [-0.39, 0.29) is 6.54 Å². The summed E-state index contributed by atoms with van der Waals surface area (Å²) in [6, 6.07) is 4.67. The van der Waals surface area contributed by atoms with Gasteiger partial charge in [-0.1, -0.05) is 11.6 Å². The second kappa shape index (κ2) is 5.05. The van der Waals surface area contributed by atoms with Gasteiger partial charge in [-0.05, 0) is 18.2 Å². The molecule has 0 fully saturated rings. The largest absolute Gasteiger partial charge is 0.417 e. The zero-order valence-corrected chi connectivity index (χ0v) is 10.2. The van der Waals surface area contributed by atoms with Crippen LogP contribution >= 0.6 is 11.6 Å². The predicted octanol–water partition coefficient (Wildman–Crippen LogP) is 2.96. The summed E-state index contributed by atoms with van der Waals surface area (Å²) >= 11 is 5.75. The second-order valence-corrected chi connectivity index (χ2v) is 4.28. The summed E-state index contributed by atoms with van der Waals surface area (Å²) < 4.78 is 38.6. The third kappa shape index (κ3) is 3.35. The predicted molar refractivity (Wildman–Crippen MR) is 64.1 cm³/mol. The Labute approximate surface area is 111 Å². The van der Waals surface area contributed by atoms with Crippen LogP contribution in [-0.2, 0) is 12.7 Å². The first-order valence-electron chi connectivity index (χ1n) is 5.24. The maximum absolute atomic E-state index is 12.6. The Balaban J connectivity index is 2.37. The van der Waals surface area contributed by atoms with E-state index in [0.29, 0.717) is 10.7 Å². The summed E-state index contributed by atoms with van der Waals surface area (Å²) in [6.07, 6.45) is -2.29. The highest BCUT2D eigenvalue weighted by molar-refractivity contribution is 6.30. The van der Waals surface area contributed by atoms with E-state index in [0.717, 1.165) is 22.9 Å². The fraction of sp³-hybridized carbons (Fsp3) is 0.167. The standard InChI is InChI=1S/C12H8ClF3N2O/c13-9-3-4-17-10(5-9)7-18-6-8(12(14,15)16)1-2-11(18)19/h1-6H,7H2. The lowest BCUT2D eigenvalue weighted by Gasteiger charge is -2.10. The van der Waals surface area contributed by atoms with Crippen LogP contribution < -0.4 is 5.56 Å². The van der Waals surface area contributed by atoms with Crippen LogP contribution in [0.5, 0.6) is 0 Å². The van der Waals surface area contributed by atoms with Crippen LogP contribution in [0.3, 0.4) is 0 Å². The van der Waals surface area contributed by atoms with Gasteiger partial charge in [-0.3, -0.25) is 9.78 Å². The molecule has 0 aromatic carbocycles. The molecule has 3 nitrogen and oxygen atoms in total. The minimum Gasteiger partial charge on any atom is -0.309 e. The molecule has 2 aromatic heterocycles. The number of hydrogen-bond donors (Lipinski definition) is 0. The molecule has 0 aliphatic carbocycles. The molecule has 0 bridgehead atoms. The first-order valence-corrected chi connectivity index (χ1v) is 5.62. The van der Waals surface area contributed by atoms with E-state index in [1.807, 2.05) is 0 Å². The van der Waals surface area contributed by atoms with Crippen molar-refractivity contribution in [1.82, 2.24) is 9.55 Å². The molecule has 7 heteroatoms. The topological polar surface area (TPSA) is 34.9 Å². The maximum atomic E-state index is 12.6. The normalized spacial score (nSPS) is 11.6. The van der Waals surface area contributed by atoms with Gasteiger partial charge in [-0.25, -0.2) is 0 Å². The zero-order chi connectivity index (χ0) is 14.0. The zero-order valence-electron chi connectivity index (χ0n) is 9.49. The van der Waals surface area contributed by atoms with Crippen LogP contribution in [0.2, 0.25) is 5.02 Å². The van der Waals surface area contributed by atoms with E-state index in [9.17, 15) is 18.0 Å². The van der Waals surface area contributed by atoms with Crippen molar-refractivity contribution in [3.63, 3.8) is 0 Å². The van der Waals surface area contributed by atoms with Crippen LogP contribution in [0.15, 0.2) is 41.5 Å². The highest BCUT2D eigenvalue weighted by atomic mass is 35.5. The highest BCUT2D eigenvalue weighted by Gasteiger charge is 2.31. The first kappa shape index (κ1) is 13.6. The Morgan fingerprint density at radius 2 is 2.00 bits per heavy atom. The van der Waals surface area contributed by atoms with Crippen LogP contribution in [0, 0.1) is 0 Å². The lowest BCUT2D eigenvalue weighted by Crippen LogP contribution is -2.22. The number of aromatic nitrogens is 2. The summed E-state index contributed by atoms with van der Waals surface area (Å²) in [5.74, 6) is 0. The molecule has 0 saturated heterocycles.